The van der Waals surface area contributed by atoms with Crippen molar-refractivity contribution in [2.45, 2.75) is 19.9 Å². The van der Waals surface area contributed by atoms with E-state index in [4.69, 9.17) is 5.11 Å². The second-order valence-corrected chi connectivity index (χ2v) is 3.74. The highest BCUT2D eigenvalue weighted by atomic mass is 19.3. The maximum absolute atomic E-state index is 12.5. The van der Waals surface area contributed by atoms with E-state index in [9.17, 15) is 13.6 Å². The van der Waals surface area contributed by atoms with Crippen molar-refractivity contribution in [3.8, 4) is 0 Å². The van der Waals surface area contributed by atoms with Gasteiger partial charge in [0.25, 0.3) is 6.43 Å². The standard InChI is InChI=1S/C12H15F2NO2/c1-2-15(8-11(16)17)7-9-4-3-5-10(6-9)12(13)14/h3-6,12H,2,7-8H2,1H3,(H,16,17). The summed E-state index contributed by atoms with van der Waals surface area (Å²) < 4.78 is 24.9. The molecular formula is C12H15F2NO2. The van der Waals surface area contributed by atoms with Gasteiger partial charge >= 0.3 is 5.97 Å². The van der Waals surface area contributed by atoms with Gasteiger partial charge in [0.2, 0.25) is 0 Å². The zero-order valence-electron chi connectivity index (χ0n) is 9.57. The monoisotopic (exact) mass is 243 g/mol. The first kappa shape index (κ1) is 13.6. The number of benzene rings is 1. The van der Waals surface area contributed by atoms with E-state index in [0.29, 0.717) is 18.7 Å². The molecule has 0 radical (unpaired) electrons. The maximum Gasteiger partial charge on any atom is 0.317 e. The number of aliphatic carboxylic acids is 1. The van der Waals surface area contributed by atoms with Crippen LogP contribution < -0.4 is 0 Å². The molecule has 0 spiro atoms. The summed E-state index contributed by atoms with van der Waals surface area (Å²) >= 11 is 0. The van der Waals surface area contributed by atoms with Crippen LogP contribution in [-0.2, 0) is 11.3 Å². The molecule has 1 rings (SSSR count). The molecule has 94 valence electrons. The number of hydrogen-bond donors (Lipinski definition) is 1. The van der Waals surface area contributed by atoms with Crippen LogP contribution in [0.3, 0.4) is 0 Å². The number of halogens is 2. The molecule has 17 heavy (non-hydrogen) atoms. The van der Waals surface area contributed by atoms with E-state index < -0.39 is 12.4 Å². The predicted octanol–water partition coefficient (Wildman–Crippen LogP) is 2.53. The van der Waals surface area contributed by atoms with Gasteiger partial charge in [-0.25, -0.2) is 8.78 Å². The lowest BCUT2D eigenvalue weighted by molar-refractivity contribution is -0.138. The van der Waals surface area contributed by atoms with Gasteiger partial charge in [-0.05, 0) is 18.2 Å². The Hall–Kier alpha value is -1.49. The lowest BCUT2D eigenvalue weighted by atomic mass is 10.1. The van der Waals surface area contributed by atoms with Crippen LogP contribution in [0, 0.1) is 0 Å². The molecule has 0 heterocycles. The zero-order chi connectivity index (χ0) is 12.8. The number of alkyl halides is 2. The molecule has 5 heteroatoms. The summed E-state index contributed by atoms with van der Waals surface area (Å²) in [6.45, 7) is 2.67. The van der Waals surface area contributed by atoms with Crippen molar-refractivity contribution < 1.29 is 18.7 Å². The third kappa shape index (κ3) is 4.48. The summed E-state index contributed by atoms with van der Waals surface area (Å²) in [5.74, 6) is -0.920. The number of nitrogens with zero attached hydrogens (tertiary/aromatic N) is 1. The summed E-state index contributed by atoms with van der Waals surface area (Å²) in [6, 6.07) is 6.05. The molecule has 0 aliphatic rings. The largest absolute Gasteiger partial charge is 0.480 e. The molecule has 0 fully saturated rings. The minimum absolute atomic E-state index is 0.0334. The van der Waals surface area contributed by atoms with Crippen molar-refractivity contribution in [2.75, 3.05) is 13.1 Å². The fourth-order valence-corrected chi connectivity index (χ4v) is 1.56. The molecule has 0 aromatic heterocycles. The first-order chi connectivity index (χ1) is 8.02. The molecule has 0 bridgehead atoms. The Morgan fingerprint density at radius 1 is 1.47 bits per heavy atom. The quantitative estimate of drug-likeness (QED) is 0.834. The van der Waals surface area contributed by atoms with Crippen molar-refractivity contribution in [1.82, 2.24) is 4.90 Å². The van der Waals surface area contributed by atoms with Gasteiger partial charge in [0.1, 0.15) is 0 Å². The summed E-state index contributed by atoms with van der Waals surface area (Å²) in [6.07, 6.45) is -2.50. The SMILES string of the molecule is CCN(CC(=O)O)Cc1cccc(C(F)F)c1. The Labute approximate surface area is 98.7 Å². The number of carbonyl (C=O) groups is 1. The number of carboxylic acids is 1. The highest BCUT2D eigenvalue weighted by Gasteiger charge is 2.11. The molecule has 1 N–H and O–H groups in total. The average molecular weight is 243 g/mol. The number of rotatable bonds is 6. The van der Waals surface area contributed by atoms with E-state index in [1.54, 1.807) is 17.0 Å². The number of hydrogen-bond acceptors (Lipinski definition) is 2. The molecule has 3 nitrogen and oxygen atoms in total. The topological polar surface area (TPSA) is 40.5 Å². The van der Waals surface area contributed by atoms with Crippen LogP contribution in [0.4, 0.5) is 8.78 Å². The van der Waals surface area contributed by atoms with Gasteiger partial charge in [-0.15, -0.1) is 0 Å². The molecule has 0 aliphatic carbocycles. The molecule has 0 saturated carbocycles. The summed E-state index contributed by atoms with van der Waals surface area (Å²) in [5, 5.41) is 8.67. The molecule has 0 aliphatic heterocycles. The van der Waals surface area contributed by atoms with Gasteiger partial charge < -0.3 is 5.11 Å². The van der Waals surface area contributed by atoms with Gasteiger partial charge in [-0.3, -0.25) is 9.69 Å². The zero-order valence-corrected chi connectivity index (χ0v) is 9.57. The lowest BCUT2D eigenvalue weighted by Crippen LogP contribution is -2.29. The van der Waals surface area contributed by atoms with Gasteiger partial charge in [0.15, 0.2) is 0 Å². The first-order valence-corrected chi connectivity index (χ1v) is 5.34. The van der Waals surface area contributed by atoms with Crippen LogP contribution in [0.2, 0.25) is 0 Å². The maximum atomic E-state index is 12.5. The van der Waals surface area contributed by atoms with E-state index in [2.05, 4.69) is 0 Å². The van der Waals surface area contributed by atoms with Crippen molar-refractivity contribution in [3.63, 3.8) is 0 Å². The highest BCUT2D eigenvalue weighted by Crippen LogP contribution is 2.20. The summed E-state index contributed by atoms with van der Waals surface area (Å²) in [7, 11) is 0. The van der Waals surface area contributed by atoms with Crippen LogP contribution in [0.25, 0.3) is 0 Å². The third-order valence-corrected chi connectivity index (χ3v) is 2.42. The van der Waals surface area contributed by atoms with Gasteiger partial charge in [-0.1, -0.05) is 25.1 Å². The predicted molar refractivity (Wildman–Crippen MR) is 60.0 cm³/mol. The van der Waals surface area contributed by atoms with Crippen LogP contribution in [0.1, 0.15) is 24.5 Å². The fourth-order valence-electron chi connectivity index (χ4n) is 1.56. The average Bonchev–Trinajstić information content (AvgIpc) is 2.28. The normalized spacial score (nSPS) is 11.1. The van der Waals surface area contributed by atoms with E-state index >= 15 is 0 Å². The van der Waals surface area contributed by atoms with E-state index in [0.717, 1.165) is 0 Å². The van der Waals surface area contributed by atoms with Crippen molar-refractivity contribution >= 4 is 5.97 Å². The van der Waals surface area contributed by atoms with Gasteiger partial charge in [0.05, 0.1) is 6.54 Å². The second-order valence-electron chi connectivity index (χ2n) is 3.74. The molecule has 1 aromatic carbocycles. The van der Waals surface area contributed by atoms with Gasteiger partial charge in [0, 0.05) is 12.1 Å². The van der Waals surface area contributed by atoms with Crippen LogP contribution in [-0.4, -0.2) is 29.1 Å². The molecule has 0 atom stereocenters. The lowest BCUT2D eigenvalue weighted by Gasteiger charge is -2.18. The fraction of sp³-hybridized carbons (Fsp3) is 0.417. The highest BCUT2D eigenvalue weighted by molar-refractivity contribution is 5.69. The Bertz CT molecular complexity index is 383. The Morgan fingerprint density at radius 3 is 2.71 bits per heavy atom. The second kappa shape index (κ2) is 6.30. The molecule has 1 aromatic rings. The number of carboxylic acid groups (broad SMARTS) is 1. The van der Waals surface area contributed by atoms with Crippen molar-refractivity contribution in [1.29, 1.82) is 0 Å². The van der Waals surface area contributed by atoms with E-state index in [1.807, 2.05) is 6.92 Å². The van der Waals surface area contributed by atoms with Gasteiger partial charge in [-0.2, -0.15) is 0 Å². The van der Waals surface area contributed by atoms with Crippen LogP contribution in [0.5, 0.6) is 0 Å². The third-order valence-electron chi connectivity index (χ3n) is 2.42. The summed E-state index contributed by atoms with van der Waals surface area (Å²) in [4.78, 5) is 12.2. The first-order valence-electron chi connectivity index (χ1n) is 5.34. The molecule has 0 unspecified atom stereocenters. The smallest absolute Gasteiger partial charge is 0.317 e. The Morgan fingerprint density at radius 2 is 2.18 bits per heavy atom. The van der Waals surface area contributed by atoms with Crippen LogP contribution >= 0.6 is 0 Å². The summed E-state index contributed by atoms with van der Waals surface area (Å²) in [5.41, 5.74) is 0.666. The minimum atomic E-state index is -2.50. The molecule has 0 amide bonds. The Balaban J connectivity index is 2.72. The van der Waals surface area contributed by atoms with E-state index in [-0.39, 0.29) is 12.1 Å². The van der Waals surface area contributed by atoms with Crippen molar-refractivity contribution in [3.05, 3.63) is 35.4 Å². The molecular weight excluding hydrogens is 228 g/mol. The molecule has 0 saturated heterocycles. The minimum Gasteiger partial charge on any atom is -0.480 e. The number of likely N-dealkylation sites (N-methyl/N-ethyl adjacent to an activating group) is 1. The van der Waals surface area contributed by atoms with Crippen LogP contribution in [0.15, 0.2) is 24.3 Å². The Kier molecular flexibility index (Phi) is 5.03. The van der Waals surface area contributed by atoms with Crippen molar-refractivity contribution in [2.24, 2.45) is 0 Å². The van der Waals surface area contributed by atoms with E-state index in [1.165, 1.54) is 12.1 Å².